The summed E-state index contributed by atoms with van der Waals surface area (Å²) >= 11 is 0. The lowest BCUT2D eigenvalue weighted by Crippen LogP contribution is -2.35. The maximum Gasteiger partial charge on any atom is 0.416 e. The Hall–Kier alpha value is -5.17. The number of ether oxygens (including phenoxy) is 3. The van der Waals surface area contributed by atoms with Crippen LogP contribution in [-0.2, 0) is 12.7 Å². The van der Waals surface area contributed by atoms with Gasteiger partial charge in [-0.05, 0) is 74.0 Å². The Morgan fingerprint density at radius 2 is 1.69 bits per heavy atom. The lowest BCUT2D eigenvalue weighted by atomic mass is 9.93. The first-order valence-electron chi connectivity index (χ1n) is 17.3. The average Bonchev–Trinajstić information content (AvgIpc) is 3.73. The molecule has 1 unspecified atom stereocenters. The third kappa shape index (κ3) is 8.14. The van der Waals surface area contributed by atoms with Gasteiger partial charge < -0.3 is 37.9 Å². The van der Waals surface area contributed by atoms with E-state index >= 15 is 0 Å². The summed E-state index contributed by atoms with van der Waals surface area (Å²) in [7, 11) is 6.08. The molecule has 1 fully saturated rings. The van der Waals surface area contributed by atoms with Crippen LogP contribution in [0.3, 0.4) is 0 Å². The zero-order valence-electron chi connectivity index (χ0n) is 29.9. The molecule has 0 bridgehead atoms. The van der Waals surface area contributed by atoms with Crippen molar-refractivity contribution in [3.63, 3.8) is 0 Å². The number of amides is 1. The van der Waals surface area contributed by atoms with Crippen LogP contribution in [0.4, 0.5) is 19.1 Å². The third-order valence-corrected chi connectivity index (χ3v) is 9.63. The lowest BCUT2D eigenvalue weighted by Gasteiger charge is -2.28. The molecule has 6 rings (SSSR count). The van der Waals surface area contributed by atoms with E-state index < -0.39 is 11.7 Å². The van der Waals surface area contributed by atoms with Gasteiger partial charge in [0.25, 0.3) is 5.91 Å². The number of furan rings is 1. The highest BCUT2D eigenvalue weighted by atomic mass is 19.4. The van der Waals surface area contributed by atoms with Gasteiger partial charge in [-0.25, -0.2) is 4.98 Å². The second-order valence-corrected chi connectivity index (χ2v) is 13.0. The molecule has 1 aliphatic heterocycles. The van der Waals surface area contributed by atoms with Crippen LogP contribution in [0.5, 0.6) is 17.2 Å². The molecule has 0 spiro atoms. The van der Waals surface area contributed by atoms with Crippen LogP contribution >= 0.6 is 0 Å². The summed E-state index contributed by atoms with van der Waals surface area (Å²) in [5.74, 6) is 2.06. The minimum atomic E-state index is -4.49. The number of para-hydroxylation sites is 2. The molecule has 1 aliphatic rings. The monoisotopic (exact) mass is 719 g/mol. The molecule has 3 aromatic carbocycles. The maximum absolute atomic E-state index is 13.8. The SMILES string of the molecule is COc1cc(C(=O)N(C)CC(CCN2CCCN(c3nc4ccccc4n3Cc3ccco3)CC2)c2cccc(C(F)(F)F)c2)cc(OC)c1OC. The Labute approximate surface area is 301 Å². The predicted molar refractivity (Wildman–Crippen MR) is 193 cm³/mol. The van der Waals surface area contributed by atoms with E-state index in [2.05, 4.69) is 20.4 Å². The van der Waals surface area contributed by atoms with Gasteiger partial charge in [0.05, 0.1) is 50.7 Å². The summed E-state index contributed by atoms with van der Waals surface area (Å²) in [6.07, 6.45) is -1.38. The average molecular weight is 720 g/mol. The Morgan fingerprint density at radius 3 is 2.38 bits per heavy atom. The van der Waals surface area contributed by atoms with Gasteiger partial charge in [-0.3, -0.25) is 4.79 Å². The van der Waals surface area contributed by atoms with Gasteiger partial charge >= 0.3 is 6.18 Å². The Bertz CT molecular complexity index is 1940. The molecule has 1 amide bonds. The molecule has 13 heteroatoms. The normalized spacial score (nSPS) is 14.6. The van der Waals surface area contributed by atoms with Crippen LogP contribution in [0.15, 0.2) is 83.5 Å². The smallest absolute Gasteiger partial charge is 0.416 e. The molecule has 2 aromatic heterocycles. The van der Waals surface area contributed by atoms with Gasteiger partial charge in [0.15, 0.2) is 11.5 Å². The van der Waals surface area contributed by atoms with Gasteiger partial charge in [0.1, 0.15) is 5.76 Å². The van der Waals surface area contributed by atoms with Crippen molar-refractivity contribution in [1.82, 2.24) is 19.4 Å². The van der Waals surface area contributed by atoms with Crippen molar-refractivity contribution >= 4 is 22.9 Å². The van der Waals surface area contributed by atoms with Crippen molar-refractivity contribution in [2.24, 2.45) is 0 Å². The molecule has 0 radical (unpaired) electrons. The number of carbonyl (C=O) groups excluding carboxylic acids is 1. The topological polar surface area (TPSA) is 85.4 Å². The highest BCUT2D eigenvalue weighted by Gasteiger charge is 2.32. The van der Waals surface area contributed by atoms with E-state index in [1.165, 1.54) is 33.5 Å². The number of alkyl halides is 3. The van der Waals surface area contributed by atoms with Crippen molar-refractivity contribution in [3.05, 3.63) is 102 Å². The van der Waals surface area contributed by atoms with Gasteiger partial charge in [0.2, 0.25) is 11.7 Å². The van der Waals surface area contributed by atoms with Gasteiger partial charge in [0, 0.05) is 44.7 Å². The van der Waals surface area contributed by atoms with Gasteiger partial charge in [-0.15, -0.1) is 0 Å². The summed E-state index contributed by atoms with van der Waals surface area (Å²) in [5.41, 5.74) is 2.08. The molecule has 1 atom stereocenters. The molecule has 0 aliphatic carbocycles. The number of benzene rings is 3. The second kappa shape index (κ2) is 16.0. The maximum atomic E-state index is 13.8. The molecule has 52 heavy (non-hydrogen) atoms. The lowest BCUT2D eigenvalue weighted by molar-refractivity contribution is -0.137. The third-order valence-electron chi connectivity index (χ3n) is 9.63. The number of hydrogen-bond donors (Lipinski definition) is 0. The minimum absolute atomic E-state index is 0.202. The number of likely N-dealkylation sites (N-methyl/N-ethyl adjacent to an activating group) is 1. The summed E-state index contributed by atoms with van der Waals surface area (Å²) in [6, 6.07) is 20.5. The van der Waals surface area contributed by atoms with Crippen LogP contribution < -0.4 is 19.1 Å². The van der Waals surface area contributed by atoms with E-state index in [-0.39, 0.29) is 18.4 Å². The van der Waals surface area contributed by atoms with Crippen molar-refractivity contribution in [2.45, 2.75) is 31.5 Å². The quantitative estimate of drug-likeness (QED) is 0.127. The molecule has 3 heterocycles. The standard InChI is InChI=1S/C39H44F3N5O5/c1-44(37(48)29-23-34(49-2)36(51-4)35(24-29)50-3)25-28(27-10-7-11-30(22-27)39(40,41)42)15-18-45-16-9-17-46(20-19-45)38-43-32-13-5-6-14-33(32)47(38)26-31-12-8-21-52-31/h5-8,10-14,21-24,28H,9,15-20,25-26H2,1-4H3. The fourth-order valence-corrected chi connectivity index (χ4v) is 6.92. The predicted octanol–water partition coefficient (Wildman–Crippen LogP) is 7.18. The van der Waals surface area contributed by atoms with E-state index in [0.29, 0.717) is 47.9 Å². The van der Waals surface area contributed by atoms with E-state index in [1.807, 2.05) is 30.3 Å². The first kappa shape index (κ1) is 36.6. The fraction of sp³-hybridized carbons (Fsp3) is 0.385. The number of methoxy groups -OCH3 is 3. The van der Waals surface area contributed by atoms with Crippen molar-refractivity contribution in [3.8, 4) is 17.2 Å². The van der Waals surface area contributed by atoms with E-state index in [9.17, 15) is 18.0 Å². The molecule has 0 N–H and O–H groups in total. The molecule has 276 valence electrons. The number of carbonyl (C=O) groups is 1. The Kier molecular flexibility index (Phi) is 11.3. The van der Waals surface area contributed by atoms with Gasteiger partial charge in [-0.1, -0.05) is 30.3 Å². The minimum Gasteiger partial charge on any atom is -0.493 e. The first-order valence-corrected chi connectivity index (χ1v) is 17.3. The molecule has 5 aromatic rings. The van der Waals surface area contributed by atoms with E-state index in [1.54, 1.807) is 36.4 Å². The van der Waals surface area contributed by atoms with E-state index in [0.717, 1.165) is 61.4 Å². The highest BCUT2D eigenvalue weighted by Crippen LogP contribution is 2.39. The molecule has 1 saturated heterocycles. The number of nitrogens with zero attached hydrogens (tertiary/aromatic N) is 5. The van der Waals surface area contributed by atoms with Gasteiger partial charge in [-0.2, -0.15) is 13.2 Å². The highest BCUT2D eigenvalue weighted by molar-refractivity contribution is 5.95. The van der Waals surface area contributed by atoms with Crippen molar-refractivity contribution in [2.75, 3.05) is 72.5 Å². The zero-order chi connectivity index (χ0) is 36.8. The van der Waals surface area contributed by atoms with Crippen LogP contribution in [0, 0.1) is 0 Å². The number of aromatic nitrogens is 2. The van der Waals surface area contributed by atoms with Crippen LogP contribution in [-0.4, -0.2) is 92.9 Å². The summed E-state index contributed by atoms with van der Waals surface area (Å²) < 4.78 is 65.6. The van der Waals surface area contributed by atoms with Crippen LogP contribution in [0.1, 0.15) is 46.0 Å². The van der Waals surface area contributed by atoms with E-state index in [4.69, 9.17) is 23.6 Å². The van der Waals surface area contributed by atoms with Crippen LogP contribution in [0.2, 0.25) is 0 Å². The molecular formula is C39H44F3N5O5. The summed E-state index contributed by atoms with van der Waals surface area (Å²) in [5, 5.41) is 0. The van der Waals surface area contributed by atoms with Crippen molar-refractivity contribution in [1.29, 1.82) is 0 Å². The number of fused-ring (bicyclic) bond motifs is 1. The number of imidazole rings is 1. The fourth-order valence-electron chi connectivity index (χ4n) is 6.92. The second-order valence-electron chi connectivity index (χ2n) is 13.0. The summed E-state index contributed by atoms with van der Waals surface area (Å²) in [4.78, 5) is 25.0. The number of hydrogen-bond acceptors (Lipinski definition) is 8. The molecule has 0 saturated carbocycles. The Balaban J connectivity index is 1.19. The van der Waals surface area contributed by atoms with Crippen molar-refractivity contribution < 1.29 is 36.6 Å². The largest absolute Gasteiger partial charge is 0.493 e. The van der Waals surface area contributed by atoms with Crippen LogP contribution in [0.25, 0.3) is 11.0 Å². The Morgan fingerprint density at radius 1 is 0.923 bits per heavy atom. The molecule has 10 nitrogen and oxygen atoms in total. The zero-order valence-corrected chi connectivity index (χ0v) is 29.9. The first-order chi connectivity index (χ1) is 25.1. The number of rotatable bonds is 13. The number of anilines is 1. The summed E-state index contributed by atoms with van der Waals surface area (Å²) in [6.45, 7) is 4.52. The number of halogens is 3. The molecular weight excluding hydrogens is 675 g/mol.